The van der Waals surface area contributed by atoms with Gasteiger partial charge in [0.05, 0.1) is 5.75 Å². The van der Waals surface area contributed by atoms with Crippen LogP contribution in [0.25, 0.3) is 11.4 Å². The first-order chi connectivity index (χ1) is 15.5. The molecule has 0 aliphatic heterocycles. The van der Waals surface area contributed by atoms with Crippen LogP contribution in [0.2, 0.25) is 0 Å². The van der Waals surface area contributed by atoms with Crippen molar-refractivity contribution in [2.45, 2.75) is 44.6 Å². The van der Waals surface area contributed by atoms with Gasteiger partial charge >= 0.3 is 0 Å². The summed E-state index contributed by atoms with van der Waals surface area (Å²) in [7, 11) is 0. The first kappa shape index (κ1) is 21.8. The number of benzene rings is 2. The minimum atomic E-state index is 0.183. The van der Waals surface area contributed by atoms with Crippen LogP contribution in [0.4, 0.5) is 17.6 Å². The molecular formula is C23H26N8S. The summed E-state index contributed by atoms with van der Waals surface area (Å²) in [6.07, 6.45) is 0.980. The smallest absolute Gasteiger partial charge is 0.232 e. The Balaban J connectivity index is 1.55. The van der Waals surface area contributed by atoms with Crippen molar-refractivity contribution >= 4 is 29.3 Å². The Hall–Kier alpha value is -3.46. The van der Waals surface area contributed by atoms with Crippen molar-refractivity contribution in [3.63, 3.8) is 0 Å². The van der Waals surface area contributed by atoms with E-state index in [0.29, 0.717) is 17.5 Å². The van der Waals surface area contributed by atoms with E-state index in [0.717, 1.165) is 40.8 Å². The maximum atomic E-state index is 5.95. The van der Waals surface area contributed by atoms with Crippen LogP contribution in [0.5, 0.6) is 0 Å². The number of thioether (sulfide) groups is 1. The number of nitrogens with one attached hydrogen (secondary N) is 1. The topological polar surface area (TPSA) is 107 Å². The van der Waals surface area contributed by atoms with E-state index in [1.807, 2.05) is 37.3 Å². The zero-order valence-corrected chi connectivity index (χ0v) is 19.2. The lowest BCUT2D eigenvalue weighted by atomic mass is 10.1. The summed E-state index contributed by atoms with van der Waals surface area (Å²) in [5.41, 5.74) is 10.2. The minimum Gasteiger partial charge on any atom is -0.368 e. The highest BCUT2D eigenvalue weighted by molar-refractivity contribution is 7.98. The fraction of sp³-hybridized carbons (Fsp3) is 0.261. The molecule has 0 bridgehead atoms. The molecule has 0 unspecified atom stereocenters. The number of hydrogen-bond acceptors (Lipinski definition) is 8. The van der Waals surface area contributed by atoms with E-state index in [1.165, 1.54) is 17.3 Å². The van der Waals surface area contributed by atoms with Gasteiger partial charge in [-0.3, -0.25) is 0 Å². The molecule has 9 heteroatoms. The molecule has 4 rings (SSSR count). The SMILES string of the molecule is CCCn1c(SCc2nc(N)nc(Nc3ccccc3C)n2)nnc1-c1cccc(C)c1. The molecule has 0 saturated heterocycles. The number of aryl methyl sites for hydroxylation is 2. The second kappa shape index (κ2) is 9.78. The molecule has 0 saturated carbocycles. The Morgan fingerprint density at radius 2 is 1.84 bits per heavy atom. The average molecular weight is 447 g/mol. The molecule has 32 heavy (non-hydrogen) atoms. The summed E-state index contributed by atoms with van der Waals surface area (Å²) in [5, 5.41) is 13.0. The molecule has 0 radical (unpaired) electrons. The lowest BCUT2D eigenvalue weighted by molar-refractivity contribution is 0.626. The van der Waals surface area contributed by atoms with Gasteiger partial charge in [-0.05, 0) is 38.0 Å². The first-order valence-electron chi connectivity index (χ1n) is 10.5. The van der Waals surface area contributed by atoms with Gasteiger partial charge in [0.25, 0.3) is 0 Å². The second-order valence-corrected chi connectivity index (χ2v) is 8.43. The molecule has 0 spiro atoms. The van der Waals surface area contributed by atoms with E-state index in [2.05, 4.69) is 67.1 Å². The van der Waals surface area contributed by atoms with Crippen molar-refractivity contribution in [1.29, 1.82) is 0 Å². The monoisotopic (exact) mass is 446 g/mol. The number of aromatic nitrogens is 6. The third-order valence-corrected chi connectivity index (χ3v) is 5.82. The molecule has 8 nitrogen and oxygen atoms in total. The van der Waals surface area contributed by atoms with Crippen LogP contribution in [0.3, 0.4) is 0 Å². The maximum Gasteiger partial charge on any atom is 0.232 e. The lowest BCUT2D eigenvalue weighted by Gasteiger charge is -2.10. The normalized spacial score (nSPS) is 11.0. The molecule has 4 aromatic rings. The van der Waals surface area contributed by atoms with Crippen molar-refractivity contribution in [3.05, 3.63) is 65.5 Å². The van der Waals surface area contributed by atoms with Crippen molar-refractivity contribution in [3.8, 4) is 11.4 Å². The van der Waals surface area contributed by atoms with E-state index in [4.69, 9.17) is 5.73 Å². The van der Waals surface area contributed by atoms with Crippen LogP contribution in [-0.4, -0.2) is 29.7 Å². The van der Waals surface area contributed by atoms with Crippen LogP contribution < -0.4 is 11.1 Å². The summed E-state index contributed by atoms with van der Waals surface area (Å²) in [4.78, 5) is 13.1. The highest BCUT2D eigenvalue weighted by atomic mass is 32.2. The third-order valence-electron chi connectivity index (χ3n) is 4.86. The number of nitrogen functional groups attached to an aromatic ring is 1. The summed E-state index contributed by atoms with van der Waals surface area (Å²) >= 11 is 1.54. The summed E-state index contributed by atoms with van der Waals surface area (Å²) < 4.78 is 2.15. The number of nitrogens with zero attached hydrogens (tertiary/aromatic N) is 6. The van der Waals surface area contributed by atoms with Crippen molar-refractivity contribution < 1.29 is 0 Å². The molecule has 2 aromatic carbocycles. The summed E-state index contributed by atoms with van der Waals surface area (Å²) in [5.74, 6) is 2.57. The number of rotatable bonds is 8. The Morgan fingerprint density at radius 1 is 1.00 bits per heavy atom. The van der Waals surface area contributed by atoms with Crippen molar-refractivity contribution in [1.82, 2.24) is 29.7 Å². The molecular weight excluding hydrogens is 420 g/mol. The Bertz CT molecular complexity index is 1220. The highest BCUT2D eigenvalue weighted by Gasteiger charge is 2.15. The molecule has 0 aliphatic carbocycles. The Morgan fingerprint density at radius 3 is 2.62 bits per heavy atom. The number of anilines is 3. The van der Waals surface area contributed by atoms with Crippen LogP contribution >= 0.6 is 11.8 Å². The highest BCUT2D eigenvalue weighted by Crippen LogP contribution is 2.27. The second-order valence-electron chi connectivity index (χ2n) is 7.49. The zero-order chi connectivity index (χ0) is 22.5. The predicted octanol–water partition coefficient (Wildman–Crippen LogP) is 4.78. The van der Waals surface area contributed by atoms with Gasteiger partial charge in [-0.1, -0.05) is 60.6 Å². The van der Waals surface area contributed by atoms with Crippen LogP contribution in [0.1, 0.15) is 30.3 Å². The predicted molar refractivity (Wildman–Crippen MR) is 129 cm³/mol. The van der Waals surface area contributed by atoms with Crippen LogP contribution in [-0.2, 0) is 12.3 Å². The quantitative estimate of drug-likeness (QED) is 0.373. The fourth-order valence-electron chi connectivity index (χ4n) is 3.34. The van der Waals surface area contributed by atoms with Gasteiger partial charge in [0.15, 0.2) is 11.0 Å². The van der Waals surface area contributed by atoms with E-state index in [1.54, 1.807) is 0 Å². The molecule has 3 N–H and O–H groups in total. The number of para-hydroxylation sites is 1. The lowest BCUT2D eigenvalue weighted by Crippen LogP contribution is -2.07. The molecule has 2 heterocycles. The number of nitrogens with two attached hydrogens (primary N) is 1. The largest absolute Gasteiger partial charge is 0.368 e. The maximum absolute atomic E-state index is 5.95. The van der Waals surface area contributed by atoms with E-state index in [-0.39, 0.29) is 5.95 Å². The number of hydrogen-bond donors (Lipinski definition) is 2. The molecule has 0 amide bonds. The Kier molecular flexibility index (Phi) is 6.65. The van der Waals surface area contributed by atoms with E-state index < -0.39 is 0 Å². The van der Waals surface area contributed by atoms with Crippen molar-refractivity contribution in [2.75, 3.05) is 11.1 Å². The first-order valence-corrected chi connectivity index (χ1v) is 11.5. The standard InChI is InChI=1S/C23H26N8S/c1-4-12-31-20(17-10-7-8-15(2)13-17)29-30-23(31)32-14-19-26-21(24)28-22(27-19)25-18-11-6-5-9-16(18)3/h5-11,13H,4,12,14H2,1-3H3,(H3,24,25,26,27,28). The molecule has 164 valence electrons. The van der Waals surface area contributed by atoms with Gasteiger partial charge in [0, 0.05) is 17.8 Å². The molecule has 0 fully saturated rings. The van der Waals surface area contributed by atoms with Gasteiger partial charge in [-0.2, -0.15) is 15.0 Å². The Labute approximate surface area is 191 Å². The van der Waals surface area contributed by atoms with Gasteiger partial charge in [-0.25, -0.2) is 0 Å². The van der Waals surface area contributed by atoms with Gasteiger partial charge < -0.3 is 15.6 Å². The summed E-state index contributed by atoms with van der Waals surface area (Å²) in [6, 6.07) is 16.3. The molecule has 2 aromatic heterocycles. The minimum absolute atomic E-state index is 0.183. The van der Waals surface area contributed by atoms with Crippen LogP contribution in [0, 0.1) is 13.8 Å². The van der Waals surface area contributed by atoms with Gasteiger partial charge in [0.1, 0.15) is 5.82 Å². The summed E-state index contributed by atoms with van der Waals surface area (Å²) in [6.45, 7) is 7.08. The van der Waals surface area contributed by atoms with Gasteiger partial charge in [0.2, 0.25) is 11.9 Å². The van der Waals surface area contributed by atoms with Crippen LogP contribution in [0.15, 0.2) is 53.7 Å². The molecule has 0 aliphatic rings. The van der Waals surface area contributed by atoms with E-state index in [9.17, 15) is 0 Å². The van der Waals surface area contributed by atoms with Gasteiger partial charge in [-0.15, -0.1) is 10.2 Å². The zero-order valence-electron chi connectivity index (χ0n) is 18.4. The third kappa shape index (κ3) is 5.05. The van der Waals surface area contributed by atoms with Crippen molar-refractivity contribution in [2.24, 2.45) is 0 Å². The van der Waals surface area contributed by atoms with E-state index >= 15 is 0 Å². The average Bonchev–Trinajstić information content (AvgIpc) is 3.16. The molecule has 0 atom stereocenters. The fourth-order valence-corrected chi connectivity index (χ4v) is 4.16.